The van der Waals surface area contributed by atoms with Crippen molar-refractivity contribution in [3.8, 4) is 17.3 Å². The molecule has 1 fully saturated rings. The molecule has 0 atom stereocenters. The Labute approximate surface area is 203 Å². The molecule has 0 radical (unpaired) electrons. The Hall–Kier alpha value is -3.55. The van der Waals surface area contributed by atoms with Crippen LogP contribution in [0.3, 0.4) is 0 Å². The number of anilines is 1. The number of rotatable bonds is 4. The van der Waals surface area contributed by atoms with Crippen molar-refractivity contribution in [2.24, 2.45) is 5.41 Å². The van der Waals surface area contributed by atoms with E-state index in [-0.39, 0.29) is 27.8 Å². The number of aryl methyl sites for hydroxylation is 1. The number of piperidine rings is 1. The summed E-state index contributed by atoms with van der Waals surface area (Å²) in [6.07, 6.45) is 0.137. The van der Waals surface area contributed by atoms with Gasteiger partial charge in [0.25, 0.3) is 0 Å². The highest BCUT2D eigenvalue weighted by molar-refractivity contribution is 6.34. The van der Waals surface area contributed by atoms with Crippen molar-refractivity contribution in [3.05, 3.63) is 52.4 Å². The van der Waals surface area contributed by atoms with Crippen LogP contribution in [0.2, 0.25) is 5.02 Å². The third-order valence-electron chi connectivity index (χ3n) is 6.07. The quantitative estimate of drug-likeness (QED) is 0.497. The van der Waals surface area contributed by atoms with E-state index >= 15 is 0 Å². The van der Waals surface area contributed by atoms with Crippen LogP contribution in [0.4, 0.5) is 19.0 Å². The van der Waals surface area contributed by atoms with E-state index in [4.69, 9.17) is 17.3 Å². The molecule has 0 saturated carbocycles. The van der Waals surface area contributed by atoms with Gasteiger partial charge >= 0.3 is 6.18 Å². The molecule has 0 unspecified atom stereocenters. The molecule has 0 amide bonds. The number of nitriles is 1. The Morgan fingerprint density at radius 1 is 1.26 bits per heavy atom. The van der Waals surface area contributed by atoms with Gasteiger partial charge in [0.15, 0.2) is 5.78 Å². The predicted octanol–water partition coefficient (Wildman–Crippen LogP) is 4.73. The van der Waals surface area contributed by atoms with E-state index in [1.807, 2.05) is 0 Å². The van der Waals surface area contributed by atoms with E-state index < -0.39 is 22.8 Å². The fourth-order valence-corrected chi connectivity index (χ4v) is 4.50. The zero-order valence-electron chi connectivity index (χ0n) is 18.6. The summed E-state index contributed by atoms with van der Waals surface area (Å²) < 4.78 is 41.4. The molecule has 3 aromatic rings. The van der Waals surface area contributed by atoms with E-state index in [1.54, 1.807) is 0 Å². The van der Waals surface area contributed by atoms with Crippen LogP contribution in [0.15, 0.2) is 30.6 Å². The first-order valence-electron chi connectivity index (χ1n) is 10.7. The highest BCUT2D eigenvalue weighted by atomic mass is 35.5. The molecule has 1 aliphatic rings. The van der Waals surface area contributed by atoms with Crippen molar-refractivity contribution in [3.63, 3.8) is 0 Å². The molecule has 180 valence electrons. The topological polar surface area (TPSA) is 118 Å². The monoisotopic (exact) mass is 500 g/mol. The van der Waals surface area contributed by atoms with Gasteiger partial charge in [0.2, 0.25) is 0 Å². The summed E-state index contributed by atoms with van der Waals surface area (Å²) in [6.45, 7) is 2.44. The number of allylic oxidation sites excluding steroid dienone is 1. The highest BCUT2D eigenvalue weighted by Gasteiger charge is 2.38. The number of carbonyl (C=O) groups is 1. The van der Waals surface area contributed by atoms with Gasteiger partial charge < -0.3 is 11.1 Å². The molecule has 11 heteroatoms. The van der Waals surface area contributed by atoms with Crippen molar-refractivity contribution in [1.82, 2.24) is 20.3 Å². The first-order valence-corrected chi connectivity index (χ1v) is 11.1. The van der Waals surface area contributed by atoms with Crippen LogP contribution in [0.1, 0.15) is 29.7 Å². The van der Waals surface area contributed by atoms with Crippen molar-refractivity contribution < 1.29 is 18.0 Å². The number of aromatic nitrogens is 3. The van der Waals surface area contributed by atoms with Gasteiger partial charge in [-0.2, -0.15) is 18.4 Å². The summed E-state index contributed by atoms with van der Waals surface area (Å²) in [5, 5.41) is 13.1. The van der Waals surface area contributed by atoms with Crippen LogP contribution in [-0.4, -0.2) is 33.8 Å². The minimum atomic E-state index is -4.68. The van der Waals surface area contributed by atoms with Crippen LogP contribution < -0.4 is 11.1 Å². The number of alkyl halides is 3. The van der Waals surface area contributed by atoms with Gasteiger partial charge in [0.1, 0.15) is 17.6 Å². The van der Waals surface area contributed by atoms with Crippen LogP contribution in [-0.2, 0) is 11.0 Å². The summed E-state index contributed by atoms with van der Waals surface area (Å²) >= 11 is 6.42. The number of ketones is 1. The van der Waals surface area contributed by atoms with Gasteiger partial charge in [0.05, 0.1) is 33.6 Å². The normalized spacial score (nSPS) is 15.9. The molecule has 4 rings (SSSR count). The molecule has 0 bridgehead atoms. The third-order valence-corrected chi connectivity index (χ3v) is 6.38. The number of halogens is 4. The van der Waals surface area contributed by atoms with Gasteiger partial charge in [-0.05, 0) is 68.8 Å². The third kappa shape index (κ3) is 4.70. The number of benzene rings is 1. The summed E-state index contributed by atoms with van der Waals surface area (Å²) in [7, 11) is 0. The first kappa shape index (κ1) is 24.6. The predicted molar refractivity (Wildman–Crippen MR) is 126 cm³/mol. The van der Waals surface area contributed by atoms with E-state index in [0.29, 0.717) is 42.5 Å². The van der Waals surface area contributed by atoms with E-state index in [0.717, 1.165) is 6.07 Å². The lowest BCUT2D eigenvalue weighted by Crippen LogP contribution is -2.40. The lowest BCUT2D eigenvalue weighted by atomic mass is 9.76. The number of nitrogens with zero attached hydrogens (tertiary/aromatic N) is 4. The molecule has 1 aliphatic heterocycles. The molecule has 1 saturated heterocycles. The lowest BCUT2D eigenvalue weighted by Gasteiger charge is -2.28. The Balaban J connectivity index is 1.79. The Morgan fingerprint density at radius 3 is 2.63 bits per heavy atom. The Kier molecular flexibility index (Phi) is 6.49. The van der Waals surface area contributed by atoms with Crippen molar-refractivity contribution in [2.45, 2.75) is 25.9 Å². The van der Waals surface area contributed by atoms with Crippen LogP contribution in [0.5, 0.6) is 0 Å². The molecule has 7 nitrogen and oxygen atoms in total. The maximum atomic E-state index is 13.8. The number of pyridine rings is 1. The molecular formula is C24H20ClF3N6O. The first-order chi connectivity index (χ1) is 16.6. The molecule has 35 heavy (non-hydrogen) atoms. The van der Waals surface area contributed by atoms with Crippen LogP contribution in [0, 0.1) is 23.7 Å². The summed E-state index contributed by atoms with van der Waals surface area (Å²) in [4.78, 5) is 25.1. The standard InChI is InChI=1S/C24H20ClF3N6O/c1-13-8-20(30)34-22(21(13)24(26,27)28)14-10-18-15(9-16(14)25)17(32-12-33-18)2-3-19(35)23(11-29)4-6-31-7-5-23/h2-3,8-10,12,31H,4-7H2,1H3,(H2,30,34). The van der Waals surface area contributed by atoms with Crippen LogP contribution >= 0.6 is 11.6 Å². The summed E-state index contributed by atoms with van der Waals surface area (Å²) in [5.41, 5.74) is 3.89. The average molecular weight is 501 g/mol. The average Bonchev–Trinajstić information content (AvgIpc) is 2.81. The second kappa shape index (κ2) is 9.24. The Bertz CT molecular complexity index is 1390. The second-order valence-corrected chi connectivity index (χ2v) is 8.74. The Morgan fingerprint density at radius 2 is 1.97 bits per heavy atom. The largest absolute Gasteiger partial charge is 0.418 e. The van der Waals surface area contributed by atoms with E-state index in [9.17, 15) is 23.2 Å². The molecule has 3 N–H and O–H groups in total. The number of nitrogens with two attached hydrogens (primary N) is 1. The number of nitrogens with one attached hydrogen (secondary N) is 1. The van der Waals surface area contributed by atoms with Gasteiger partial charge in [-0.1, -0.05) is 11.6 Å². The fraction of sp³-hybridized carbons (Fsp3) is 0.292. The minimum absolute atomic E-state index is 0.0110. The second-order valence-electron chi connectivity index (χ2n) is 8.33. The molecular weight excluding hydrogens is 481 g/mol. The van der Waals surface area contributed by atoms with Gasteiger partial charge in [-0.3, -0.25) is 4.79 Å². The smallest absolute Gasteiger partial charge is 0.384 e. The zero-order valence-corrected chi connectivity index (χ0v) is 19.3. The lowest BCUT2D eigenvalue weighted by molar-refractivity contribution is -0.137. The molecule has 1 aromatic carbocycles. The fourth-order valence-electron chi connectivity index (χ4n) is 4.24. The van der Waals surface area contributed by atoms with E-state index in [1.165, 1.54) is 37.5 Å². The number of carbonyl (C=O) groups excluding carboxylic acids is 1. The molecule has 0 aliphatic carbocycles. The number of hydrogen-bond acceptors (Lipinski definition) is 7. The van der Waals surface area contributed by atoms with Crippen molar-refractivity contribution >= 4 is 40.2 Å². The number of nitrogen functional groups attached to an aromatic ring is 1. The van der Waals surface area contributed by atoms with Crippen molar-refractivity contribution in [2.75, 3.05) is 18.8 Å². The van der Waals surface area contributed by atoms with Crippen molar-refractivity contribution in [1.29, 1.82) is 5.26 Å². The van der Waals surface area contributed by atoms with Gasteiger partial charge in [-0.25, -0.2) is 15.0 Å². The number of fused-ring (bicyclic) bond motifs is 1. The highest BCUT2D eigenvalue weighted by Crippen LogP contribution is 2.42. The molecule has 2 aromatic heterocycles. The van der Waals surface area contributed by atoms with Gasteiger partial charge in [-0.15, -0.1) is 0 Å². The SMILES string of the molecule is Cc1cc(N)nc(-c2cc3ncnc(C=CC(=O)C4(C#N)CCNCC4)c3cc2Cl)c1C(F)(F)F. The summed E-state index contributed by atoms with van der Waals surface area (Å²) in [5.74, 6) is -0.402. The molecule has 3 heterocycles. The molecule has 0 spiro atoms. The maximum absolute atomic E-state index is 13.8. The zero-order chi connectivity index (χ0) is 25.4. The number of hydrogen-bond donors (Lipinski definition) is 2. The maximum Gasteiger partial charge on any atom is 0.418 e. The van der Waals surface area contributed by atoms with Crippen LogP contribution in [0.25, 0.3) is 28.2 Å². The van der Waals surface area contributed by atoms with Gasteiger partial charge in [0, 0.05) is 10.9 Å². The summed E-state index contributed by atoms with van der Waals surface area (Å²) in [6, 6.07) is 6.12. The van der Waals surface area contributed by atoms with E-state index in [2.05, 4.69) is 26.3 Å². The minimum Gasteiger partial charge on any atom is -0.384 e.